The summed E-state index contributed by atoms with van der Waals surface area (Å²) in [6.45, 7) is 4.99. The van der Waals surface area contributed by atoms with E-state index in [4.69, 9.17) is 0 Å². The molecule has 0 saturated heterocycles. The zero-order chi connectivity index (χ0) is 25.6. The zero-order valence-corrected chi connectivity index (χ0v) is 18.9. The summed E-state index contributed by atoms with van der Waals surface area (Å²) in [4.78, 5) is 13.7. The summed E-state index contributed by atoms with van der Waals surface area (Å²) in [5.41, 5.74) is -1.46. The van der Waals surface area contributed by atoms with E-state index in [0.717, 1.165) is 12.1 Å². The minimum absolute atomic E-state index is 0.0515. The summed E-state index contributed by atoms with van der Waals surface area (Å²) < 4.78 is 84.4. The second kappa shape index (κ2) is 11.1. The fraction of sp³-hybridized carbons (Fsp3) is 0.240. The van der Waals surface area contributed by atoms with Crippen LogP contribution in [0.3, 0.4) is 0 Å². The van der Waals surface area contributed by atoms with Crippen molar-refractivity contribution in [2.24, 2.45) is 0 Å². The number of allylic oxidation sites excluding steroid dienone is 4. The minimum atomic E-state index is -3.34. The summed E-state index contributed by atoms with van der Waals surface area (Å²) in [5.74, 6) is -9.50. The van der Waals surface area contributed by atoms with Crippen LogP contribution in [0.15, 0.2) is 60.7 Å². The van der Waals surface area contributed by atoms with Gasteiger partial charge in [0.1, 0.15) is 28.8 Å². The first-order chi connectivity index (χ1) is 15.9. The van der Waals surface area contributed by atoms with Gasteiger partial charge in [-0.2, -0.15) is 8.78 Å². The second-order valence-corrected chi connectivity index (χ2v) is 7.59. The van der Waals surface area contributed by atoms with Crippen LogP contribution in [-0.4, -0.2) is 30.8 Å². The Morgan fingerprint density at radius 2 is 1.68 bits per heavy atom. The molecule has 182 valence electrons. The molecule has 9 heteroatoms. The third-order valence-electron chi connectivity index (χ3n) is 4.81. The van der Waals surface area contributed by atoms with E-state index >= 15 is 0 Å². The van der Waals surface area contributed by atoms with Crippen molar-refractivity contribution in [3.8, 4) is 0 Å². The van der Waals surface area contributed by atoms with Gasteiger partial charge in [0, 0.05) is 48.7 Å². The Hall–Kier alpha value is -3.49. The Kier molecular flexibility index (Phi) is 8.73. The number of rotatable bonds is 9. The maximum absolute atomic E-state index is 15.0. The number of hydrogen-bond donors (Lipinski definition) is 1. The third kappa shape index (κ3) is 6.30. The Balaban J connectivity index is 2.44. The highest BCUT2D eigenvalue weighted by Crippen LogP contribution is 2.32. The van der Waals surface area contributed by atoms with Gasteiger partial charge in [0.15, 0.2) is 0 Å². The molecule has 0 aliphatic heterocycles. The number of amides is 1. The monoisotopic (exact) mass is 482 g/mol. The number of benzene rings is 2. The lowest BCUT2D eigenvalue weighted by Gasteiger charge is -2.22. The molecule has 34 heavy (non-hydrogen) atoms. The number of unbranched alkanes of at least 4 members (excludes halogenated alkanes) is 1. The van der Waals surface area contributed by atoms with Crippen LogP contribution < -0.4 is 5.32 Å². The summed E-state index contributed by atoms with van der Waals surface area (Å²) >= 11 is 0. The highest BCUT2D eigenvalue weighted by Gasteiger charge is 2.29. The van der Waals surface area contributed by atoms with Crippen molar-refractivity contribution in [2.75, 3.05) is 19.4 Å². The SMILES string of the molecule is C=CC(F)(F)C(C=C(c1ccc(NC(=O)c2c(F)cc(F)cc2F)cc1F)N(C)C)=CCCC. The second-order valence-electron chi connectivity index (χ2n) is 7.59. The van der Waals surface area contributed by atoms with Crippen molar-refractivity contribution >= 4 is 17.3 Å². The van der Waals surface area contributed by atoms with E-state index < -0.39 is 40.7 Å². The maximum atomic E-state index is 15.0. The van der Waals surface area contributed by atoms with Crippen LogP contribution in [0.4, 0.5) is 32.0 Å². The average molecular weight is 482 g/mol. The van der Waals surface area contributed by atoms with Crippen molar-refractivity contribution in [1.82, 2.24) is 4.90 Å². The smallest absolute Gasteiger partial charge is 0.291 e. The number of alkyl halides is 2. The first-order valence-corrected chi connectivity index (χ1v) is 10.3. The number of halogens is 6. The molecule has 1 amide bonds. The van der Waals surface area contributed by atoms with Crippen LogP contribution in [0.25, 0.3) is 5.70 Å². The lowest BCUT2D eigenvalue weighted by molar-refractivity contribution is 0.101. The van der Waals surface area contributed by atoms with E-state index in [1.165, 1.54) is 23.1 Å². The predicted molar refractivity (Wildman–Crippen MR) is 120 cm³/mol. The molecular formula is C25H24F6N2O. The van der Waals surface area contributed by atoms with Crippen molar-refractivity contribution in [3.05, 3.63) is 95.1 Å². The highest BCUT2D eigenvalue weighted by atomic mass is 19.3. The molecule has 2 rings (SSSR count). The molecule has 0 spiro atoms. The van der Waals surface area contributed by atoms with Crippen LogP contribution in [0.1, 0.15) is 35.7 Å². The van der Waals surface area contributed by atoms with Crippen molar-refractivity contribution in [3.63, 3.8) is 0 Å². The molecule has 0 fully saturated rings. The molecule has 0 aromatic heterocycles. The maximum Gasteiger partial charge on any atom is 0.291 e. The molecular weight excluding hydrogens is 458 g/mol. The molecule has 0 heterocycles. The van der Waals surface area contributed by atoms with E-state index in [2.05, 4.69) is 11.9 Å². The predicted octanol–water partition coefficient (Wildman–Crippen LogP) is 6.95. The first-order valence-electron chi connectivity index (χ1n) is 10.3. The highest BCUT2D eigenvalue weighted by molar-refractivity contribution is 6.04. The normalized spacial score (nSPS) is 12.5. The van der Waals surface area contributed by atoms with Gasteiger partial charge in [-0.3, -0.25) is 4.79 Å². The minimum Gasteiger partial charge on any atom is -0.377 e. The van der Waals surface area contributed by atoms with Gasteiger partial charge in [0.2, 0.25) is 0 Å². The summed E-state index contributed by atoms with van der Waals surface area (Å²) in [5, 5.41) is 2.14. The molecule has 0 radical (unpaired) electrons. The van der Waals surface area contributed by atoms with Gasteiger partial charge >= 0.3 is 0 Å². The Labute approximate surface area is 194 Å². The van der Waals surface area contributed by atoms with Crippen LogP contribution in [0.5, 0.6) is 0 Å². The van der Waals surface area contributed by atoms with E-state index in [0.29, 0.717) is 31.1 Å². The molecule has 2 aromatic carbocycles. The van der Waals surface area contributed by atoms with Crippen molar-refractivity contribution < 1.29 is 31.1 Å². The fourth-order valence-corrected chi connectivity index (χ4v) is 3.06. The fourth-order valence-electron chi connectivity index (χ4n) is 3.06. The number of nitrogens with zero attached hydrogens (tertiary/aromatic N) is 1. The molecule has 0 saturated carbocycles. The van der Waals surface area contributed by atoms with E-state index in [-0.39, 0.29) is 22.5 Å². The van der Waals surface area contributed by atoms with Gasteiger partial charge in [-0.05, 0) is 36.8 Å². The quantitative estimate of drug-likeness (QED) is 0.238. The first kappa shape index (κ1) is 26.8. The van der Waals surface area contributed by atoms with Crippen LogP contribution >= 0.6 is 0 Å². The molecule has 1 N–H and O–H groups in total. The van der Waals surface area contributed by atoms with Gasteiger partial charge in [-0.25, -0.2) is 17.6 Å². The van der Waals surface area contributed by atoms with E-state index in [1.807, 2.05) is 6.92 Å². The lowest BCUT2D eigenvalue weighted by atomic mass is 10.0. The van der Waals surface area contributed by atoms with Crippen LogP contribution in [-0.2, 0) is 0 Å². The number of hydrogen-bond acceptors (Lipinski definition) is 2. The van der Waals surface area contributed by atoms with Gasteiger partial charge < -0.3 is 10.2 Å². The van der Waals surface area contributed by atoms with Gasteiger partial charge in [-0.1, -0.05) is 26.0 Å². The molecule has 0 unspecified atom stereocenters. The number of carbonyl (C=O) groups is 1. The topological polar surface area (TPSA) is 32.3 Å². The summed E-state index contributed by atoms with van der Waals surface area (Å²) in [6.07, 6.45) is 4.00. The third-order valence-corrected chi connectivity index (χ3v) is 4.81. The summed E-state index contributed by atoms with van der Waals surface area (Å²) in [7, 11) is 3.09. The summed E-state index contributed by atoms with van der Waals surface area (Å²) in [6, 6.07) is 4.05. The molecule has 0 aliphatic carbocycles. The van der Waals surface area contributed by atoms with Gasteiger partial charge in [0.25, 0.3) is 11.8 Å². The van der Waals surface area contributed by atoms with Gasteiger partial charge in [0.05, 0.1) is 0 Å². The Bertz CT molecular complexity index is 1120. The number of anilines is 1. The zero-order valence-electron chi connectivity index (χ0n) is 18.9. The van der Waals surface area contributed by atoms with Crippen LogP contribution in [0.2, 0.25) is 0 Å². The van der Waals surface area contributed by atoms with E-state index in [1.54, 1.807) is 14.1 Å². The van der Waals surface area contributed by atoms with E-state index in [9.17, 15) is 31.1 Å². The molecule has 3 nitrogen and oxygen atoms in total. The average Bonchev–Trinajstić information content (AvgIpc) is 2.73. The molecule has 0 atom stereocenters. The number of carbonyl (C=O) groups excluding carboxylic acids is 1. The molecule has 0 aliphatic rings. The lowest BCUT2D eigenvalue weighted by Crippen LogP contribution is -2.18. The Morgan fingerprint density at radius 3 is 2.18 bits per heavy atom. The molecule has 0 bridgehead atoms. The van der Waals surface area contributed by atoms with Crippen LogP contribution in [0, 0.1) is 23.3 Å². The standard InChI is InChI=1S/C25H24F6N2O/c1-5-7-8-15(25(30,31)6-2)11-22(33(3)4)18-10-9-17(14-19(18)27)32-24(34)23-20(28)12-16(26)13-21(23)29/h6,8-14H,2,5,7H2,1,3-4H3,(H,32,34). The van der Waals surface area contributed by atoms with Crippen molar-refractivity contribution in [1.29, 1.82) is 0 Å². The largest absolute Gasteiger partial charge is 0.377 e. The van der Waals surface area contributed by atoms with Gasteiger partial charge in [-0.15, -0.1) is 0 Å². The number of nitrogens with one attached hydrogen (secondary N) is 1. The Morgan fingerprint density at radius 1 is 1.06 bits per heavy atom. The molecule has 2 aromatic rings. The van der Waals surface area contributed by atoms with Crippen molar-refractivity contribution in [2.45, 2.75) is 25.7 Å².